The van der Waals surface area contributed by atoms with Crippen molar-refractivity contribution in [2.45, 2.75) is 25.3 Å². The van der Waals surface area contributed by atoms with E-state index < -0.39 is 0 Å². The number of aromatic nitrogens is 3. The second-order valence-electron chi connectivity index (χ2n) is 7.41. The molecule has 7 heteroatoms. The number of nitriles is 1. The van der Waals surface area contributed by atoms with Crippen LogP contribution in [0, 0.1) is 11.5 Å². The van der Waals surface area contributed by atoms with E-state index in [0.29, 0.717) is 18.9 Å². The van der Waals surface area contributed by atoms with Crippen molar-refractivity contribution >= 4 is 11.6 Å². The molecule has 1 atom stereocenters. The second kappa shape index (κ2) is 7.06. The van der Waals surface area contributed by atoms with Crippen molar-refractivity contribution in [2.24, 2.45) is 0 Å². The molecule has 7 nitrogen and oxygen atoms in total. The van der Waals surface area contributed by atoms with E-state index in [-0.39, 0.29) is 11.9 Å². The van der Waals surface area contributed by atoms with Gasteiger partial charge >= 0.3 is 0 Å². The summed E-state index contributed by atoms with van der Waals surface area (Å²) >= 11 is 0. The molecule has 29 heavy (non-hydrogen) atoms. The molecule has 1 saturated heterocycles. The third-order valence-electron chi connectivity index (χ3n) is 5.81. The fraction of sp³-hybridized carbons (Fsp3) is 0.273. The van der Waals surface area contributed by atoms with Gasteiger partial charge in [0.15, 0.2) is 12.0 Å². The van der Waals surface area contributed by atoms with Crippen LogP contribution in [0.1, 0.15) is 18.4 Å². The van der Waals surface area contributed by atoms with E-state index in [4.69, 9.17) is 0 Å². The van der Waals surface area contributed by atoms with E-state index in [9.17, 15) is 10.1 Å². The summed E-state index contributed by atoms with van der Waals surface area (Å²) in [6.07, 6.45) is 6.05. The van der Waals surface area contributed by atoms with Gasteiger partial charge in [-0.3, -0.25) is 14.8 Å². The summed E-state index contributed by atoms with van der Waals surface area (Å²) in [5.74, 6) is 0.681. The van der Waals surface area contributed by atoms with Gasteiger partial charge in [-0.25, -0.2) is 4.98 Å². The Kier molecular flexibility index (Phi) is 4.24. The highest BCUT2D eigenvalue weighted by Gasteiger charge is 2.37. The first-order valence-corrected chi connectivity index (χ1v) is 9.82. The van der Waals surface area contributed by atoms with Gasteiger partial charge in [0.25, 0.3) is 0 Å². The Balaban J connectivity index is 1.62. The molecule has 0 spiro atoms. The van der Waals surface area contributed by atoms with Gasteiger partial charge in [-0.2, -0.15) is 10.4 Å². The largest absolute Gasteiger partial charge is 0.310 e. The number of fused-ring (bicyclic) bond motifs is 1. The predicted molar refractivity (Wildman–Crippen MR) is 109 cm³/mol. The normalized spacial score (nSPS) is 18.0. The molecule has 1 amide bonds. The number of H-pyrrole nitrogens is 1. The van der Waals surface area contributed by atoms with Gasteiger partial charge in [0, 0.05) is 24.3 Å². The number of hydrogen-bond acceptors (Lipinski definition) is 5. The lowest BCUT2D eigenvalue weighted by atomic mass is 9.95. The molecule has 0 bridgehead atoms. The van der Waals surface area contributed by atoms with Crippen LogP contribution in [0.4, 0.5) is 5.69 Å². The molecular formula is C22H20N6O. The molecule has 1 aromatic heterocycles. The van der Waals surface area contributed by atoms with Crippen LogP contribution in [0.15, 0.2) is 48.8 Å². The van der Waals surface area contributed by atoms with Crippen LogP contribution in [0.2, 0.25) is 0 Å². The summed E-state index contributed by atoms with van der Waals surface area (Å²) in [6.45, 7) is 1.28. The van der Waals surface area contributed by atoms with Crippen LogP contribution in [0.25, 0.3) is 22.5 Å². The molecule has 2 aromatic carbocycles. The molecule has 0 saturated carbocycles. The van der Waals surface area contributed by atoms with Crippen LogP contribution < -0.4 is 4.90 Å². The summed E-state index contributed by atoms with van der Waals surface area (Å²) in [5.41, 5.74) is 5.18. The highest BCUT2D eigenvalue weighted by atomic mass is 16.2. The highest BCUT2D eigenvalue weighted by Crippen LogP contribution is 2.40. The molecule has 0 aliphatic carbocycles. The number of likely N-dealkylation sites (tertiary alicyclic amines) is 1. The monoisotopic (exact) mass is 384 g/mol. The Hall–Kier alpha value is -3.66. The zero-order valence-electron chi connectivity index (χ0n) is 15.9. The number of aromatic amines is 1. The smallest absolute Gasteiger partial charge is 0.250 e. The third kappa shape index (κ3) is 2.93. The minimum atomic E-state index is -0.361. The molecule has 2 aliphatic rings. The van der Waals surface area contributed by atoms with Crippen molar-refractivity contribution in [2.75, 3.05) is 18.0 Å². The minimum absolute atomic E-state index is 0.0107. The number of benzene rings is 2. The fourth-order valence-corrected chi connectivity index (χ4v) is 4.41. The molecule has 5 rings (SSSR count). The molecule has 3 heterocycles. The average molecular weight is 384 g/mol. The van der Waals surface area contributed by atoms with Crippen LogP contribution >= 0.6 is 0 Å². The van der Waals surface area contributed by atoms with Crippen molar-refractivity contribution < 1.29 is 4.79 Å². The lowest BCUT2D eigenvalue weighted by Crippen LogP contribution is -2.43. The molecule has 1 N–H and O–H groups in total. The standard InChI is InChI=1S/C22H20N6O/c23-13-27-9-4-7-19(27)22(29)28-10-8-17-18(15-5-2-1-3-6-15)11-16(12-20(17)28)21-24-14-25-26-21/h1-3,5-6,11-12,14,19H,4,7-10H2,(H,24,25,26). The van der Waals surface area contributed by atoms with Crippen molar-refractivity contribution in [1.82, 2.24) is 20.1 Å². The quantitative estimate of drug-likeness (QED) is 0.701. The number of hydrogen-bond donors (Lipinski definition) is 1. The van der Waals surface area contributed by atoms with E-state index in [2.05, 4.69) is 39.6 Å². The van der Waals surface area contributed by atoms with Crippen LogP contribution in [0.3, 0.4) is 0 Å². The second-order valence-corrected chi connectivity index (χ2v) is 7.41. The molecule has 0 radical (unpaired) electrons. The maximum absolute atomic E-state index is 13.3. The lowest BCUT2D eigenvalue weighted by Gasteiger charge is -2.25. The zero-order valence-corrected chi connectivity index (χ0v) is 15.9. The first-order valence-electron chi connectivity index (χ1n) is 9.82. The molecule has 3 aromatic rings. The number of nitrogens with zero attached hydrogens (tertiary/aromatic N) is 5. The topological polar surface area (TPSA) is 88.9 Å². The van der Waals surface area contributed by atoms with Gasteiger partial charge in [0.1, 0.15) is 12.4 Å². The SMILES string of the molecule is N#CN1CCCC1C(=O)N1CCc2c(-c3ccccc3)cc(-c3ncn[nH]3)cc21. The Bertz CT molecular complexity index is 1090. The Morgan fingerprint density at radius 1 is 1.17 bits per heavy atom. The van der Waals surface area contributed by atoms with E-state index in [1.54, 1.807) is 4.90 Å². The number of rotatable bonds is 3. The van der Waals surface area contributed by atoms with E-state index in [1.807, 2.05) is 29.2 Å². The van der Waals surface area contributed by atoms with Crippen molar-refractivity contribution in [3.05, 3.63) is 54.4 Å². The van der Waals surface area contributed by atoms with E-state index >= 15 is 0 Å². The lowest BCUT2D eigenvalue weighted by molar-refractivity contribution is -0.121. The summed E-state index contributed by atoms with van der Waals surface area (Å²) in [5, 5.41) is 16.3. The summed E-state index contributed by atoms with van der Waals surface area (Å²) < 4.78 is 0. The number of anilines is 1. The van der Waals surface area contributed by atoms with Crippen molar-refractivity contribution in [1.29, 1.82) is 5.26 Å². The minimum Gasteiger partial charge on any atom is -0.310 e. The average Bonchev–Trinajstić information content (AvgIpc) is 3.53. The summed E-state index contributed by atoms with van der Waals surface area (Å²) in [7, 11) is 0. The van der Waals surface area contributed by atoms with Crippen LogP contribution in [-0.2, 0) is 11.2 Å². The van der Waals surface area contributed by atoms with Gasteiger partial charge in [-0.05, 0) is 48.1 Å². The van der Waals surface area contributed by atoms with Gasteiger partial charge in [-0.15, -0.1) is 0 Å². The Morgan fingerprint density at radius 3 is 2.79 bits per heavy atom. The van der Waals surface area contributed by atoms with Gasteiger partial charge in [0.05, 0.1) is 0 Å². The number of amides is 1. The molecule has 1 fully saturated rings. The number of carbonyl (C=O) groups excluding carboxylic acids is 1. The number of carbonyl (C=O) groups is 1. The van der Waals surface area contributed by atoms with Crippen molar-refractivity contribution in [3.63, 3.8) is 0 Å². The van der Waals surface area contributed by atoms with E-state index in [0.717, 1.165) is 47.2 Å². The number of nitrogens with one attached hydrogen (secondary N) is 1. The maximum Gasteiger partial charge on any atom is 0.250 e. The van der Waals surface area contributed by atoms with Crippen LogP contribution in [0.5, 0.6) is 0 Å². The fourth-order valence-electron chi connectivity index (χ4n) is 4.41. The van der Waals surface area contributed by atoms with Gasteiger partial charge in [-0.1, -0.05) is 30.3 Å². The summed E-state index contributed by atoms with van der Waals surface area (Å²) in [4.78, 5) is 21.1. The van der Waals surface area contributed by atoms with E-state index in [1.165, 1.54) is 6.33 Å². The van der Waals surface area contributed by atoms with Gasteiger partial charge < -0.3 is 4.90 Å². The molecule has 144 valence electrons. The predicted octanol–water partition coefficient (Wildman–Crippen LogP) is 2.97. The molecular weight excluding hydrogens is 364 g/mol. The molecule has 2 aliphatic heterocycles. The highest BCUT2D eigenvalue weighted by molar-refractivity contribution is 6.01. The third-order valence-corrected chi connectivity index (χ3v) is 5.81. The Labute approximate surface area is 168 Å². The van der Waals surface area contributed by atoms with Gasteiger partial charge in [0.2, 0.25) is 5.91 Å². The zero-order chi connectivity index (χ0) is 19.8. The Morgan fingerprint density at radius 2 is 2.03 bits per heavy atom. The maximum atomic E-state index is 13.3. The first kappa shape index (κ1) is 17.4. The molecule has 1 unspecified atom stereocenters. The van der Waals surface area contributed by atoms with Crippen molar-refractivity contribution in [3.8, 4) is 28.7 Å². The van der Waals surface area contributed by atoms with Crippen LogP contribution in [-0.4, -0.2) is 45.1 Å². The first-order chi connectivity index (χ1) is 14.3. The summed E-state index contributed by atoms with van der Waals surface area (Å²) in [6, 6.07) is 14.0.